The lowest BCUT2D eigenvalue weighted by atomic mass is 10.0. The van der Waals surface area contributed by atoms with Crippen LogP contribution >= 0.6 is 11.6 Å². The van der Waals surface area contributed by atoms with Crippen LogP contribution in [0.1, 0.15) is 11.1 Å². The molecule has 3 aromatic rings. The molecule has 0 aliphatic heterocycles. The van der Waals surface area contributed by atoms with Crippen molar-refractivity contribution >= 4 is 40.6 Å². The maximum absolute atomic E-state index is 12.7. The summed E-state index contributed by atoms with van der Waals surface area (Å²) in [5, 5.41) is 35.2. The SMILES string of the molecule is C=CCc1cc(/C=C(\C#N)C(=O)Nc2cccc(Cl)c2)cc(OC)c1Oc1ccc([N+](=O)[O-])cc1[N+](=O)[O-]. The number of non-ortho nitro benzene ring substituents is 1. The van der Waals surface area contributed by atoms with E-state index in [1.54, 1.807) is 30.3 Å². The van der Waals surface area contributed by atoms with Crippen LogP contribution in [0.15, 0.2) is 72.8 Å². The number of ether oxygens (including phenoxy) is 2. The van der Waals surface area contributed by atoms with Gasteiger partial charge in [-0.25, -0.2) is 0 Å². The summed E-state index contributed by atoms with van der Waals surface area (Å²) in [5.74, 6) is -0.675. The first-order valence-electron chi connectivity index (χ1n) is 10.8. The molecule has 0 saturated carbocycles. The van der Waals surface area contributed by atoms with E-state index < -0.39 is 27.1 Å². The van der Waals surface area contributed by atoms with E-state index in [1.165, 1.54) is 25.3 Å². The molecule has 0 atom stereocenters. The number of carbonyl (C=O) groups excluding carboxylic acids is 1. The van der Waals surface area contributed by atoms with Gasteiger partial charge in [0.15, 0.2) is 11.5 Å². The Labute approximate surface area is 221 Å². The Bertz CT molecular complexity index is 1510. The van der Waals surface area contributed by atoms with Gasteiger partial charge in [0.05, 0.1) is 23.0 Å². The second-order valence-electron chi connectivity index (χ2n) is 7.61. The number of nitrogens with one attached hydrogen (secondary N) is 1. The van der Waals surface area contributed by atoms with Crippen LogP contribution in [0.2, 0.25) is 5.02 Å². The zero-order valence-electron chi connectivity index (χ0n) is 19.8. The van der Waals surface area contributed by atoms with Crippen molar-refractivity contribution in [2.75, 3.05) is 12.4 Å². The normalized spacial score (nSPS) is 10.7. The van der Waals surface area contributed by atoms with E-state index in [-0.39, 0.29) is 29.2 Å². The van der Waals surface area contributed by atoms with Crippen LogP contribution in [0.3, 0.4) is 0 Å². The molecule has 0 unspecified atom stereocenters. The third kappa shape index (κ3) is 6.51. The number of rotatable bonds is 10. The molecule has 0 spiro atoms. The van der Waals surface area contributed by atoms with E-state index in [1.807, 2.05) is 6.07 Å². The highest BCUT2D eigenvalue weighted by Crippen LogP contribution is 2.41. The van der Waals surface area contributed by atoms with Crippen molar-refractivity contribution in [2.45, 2.75) is 6.42 Å². The number of amides is 1. The largest absolute Gasteiger partial charge is 0.493 e. The van der Waals surface area contributed by atoms with Crippen LogP contribution in [-0.2, 0) is 11.2 Å². The molecule has 0 fully saturated rings. The zero-order valence-corrected chi connectivity index (χ0v) is 20.6. The maximum atomic E-state index is 12.7. The van der Waals surface area contributed by atoms with Crippen molar-refractivity contribution < 1.29 is 24.1 Å². The Kier molecular flexibility index (Phi) is 8.76. The first-order valence-corrected chi connectivity index (χ1v) is 11.2. The van der Waals surface area contributed by atoms with Crippen LogP contribution in [0.5, 0.6) is 17.2 Å². The number of nitriles is 1. The van der Waals surface area contributed by atoms with Gasteiger partial charge in [-0.2, -0.15) is 5.26 Å². The minimum absolute atomic E-state index is 0.100. The van der Waals surface area contributed by atoms with Crippen molar-refractivity contribution in [3.05, 3.63) is 109 Å². The van der Waals surface area contributed by atoms with E-state index in [0.717, 1.165) is 18.2 Å². The highest BCUT2D eigenvalue weighted by Gasteiger charge is 2.24. The highest BCUT2D eigenvalue weighted by atomic mass is 35.5. The average molecular weight is 535 g/mol. The predicted octanol–water partition coefficient (Wildman–Crippen LogP) is 6.23. The lowest BCUT2D eigenvalue weighted by molar-refractivity contribution is -0.394. The molecule has 0 aromatic heterocycles. The fraction of sp³-hybridized carbons (Fsp3) is 0.0769. The van der Waals surface area contributed by atoms with Gasteiger partial charge in [0.25, 0.3) is 11.6 Å². The quantitative estimate of drug-likeness (QED) is 0.105. The number of benzene rings is 3. The zero-order chi connectivity index (χ0) is 27.8. The number of hydrogen-bond acceptors (Lipinski definition) is 8. The lowest BCUT2D eigenvalue weighted by Crippen LogP contribution is -2.13. The molecule has 3 rings (SSSR count). The Morgan fingerprint density at radius 1 is 1.13 bits per heavy atom. The molecule has 0 saturated heterocycles. The first kappa shape index (κ1) is 27.4. The molecular formula is C26H19ClN4O7. The van der Waals surface area contributed by atoms with E-state index in [0.29, 0.717) is 21.8 Å². The third-order valence-electron chi connectivity index (χ3n) is 5.06. The van der Waals surface area contributed by atoms with Crippen molar-refractivity contribution in [3.8, 4) is 23.3 Å². The van der Waals surface area contributed by atoms with E-state index in [4.69, 9.17) is 21.1 Å². The van der Waals surface area contributed by atoms with E-state index in [2.05, 4.69) is 11.9 Å². The van der Waals surface area contributed by atoms with Crippen LogP contribution in [0.4, 0.5) is 17.1 Å². The van der Waals surface area contributed by atoms with Gasteiger partial charge < -0.3 is 14.8 Å². The van der Waals surface area contributed by atoms with Crippen LogP contribution in [0, 0.1) is 31.6 Å². The first-order chi connectivity index (χ1) is 18.2. The Hall–Kier alpha value is -5.21. The average Bonchev–Trinajstić information content (AvgIpc) is 2.88. The van der Waals surface area contributed by atoms with Gasteiger partial charge in [-0.05, 0) is 54.5 Å². The number of halogens is 1. The number of methoxy groups -OCH3 is 1. The molecule has 38 heavy (non-hydrogen) atoms. The number of nitro benzene ring substituents is 2. The van der Waals surface area contributed by atoms with Crippen LogP contribution in [-0.4, -0.2) is 22.9 Å². The lowest BCUT2D eigenvalue weighted by Gasteiger charge is -2.16. The predicted molar refractivity (Wildman–Crippen MR) is 140 cm³/mol. The van der Waals surface area contributed by atoms with Gasteiger partial charge in [-0.1, -0.05) is 23.7 Å². The fourth-order valence-electron chi connectivity index (χ4n) is 3.38. The van der Waals surface area contributed by atoms with Gasteiger partial charge in [-0.3, -0.25) is 25.0 Å². The molecule has 0 radical (unpaired) electrons. The number of nitrogens with zero attached hydrogens (tertiary/aromatic N) is 3. The van der Waals surface area contributed by atoms with E-state index in [9.17, 15) is 30.3 Å². The van der Waals surface area contributed by atoms with Crippen LogP contribution in [0.25, 0.3) is 6.08 Å². The molecule has 3 aromatic carbocycles. The number of carbonyl (C=O) groups is 1. The van der Waals surface area contributed by atoms with Crippen molar-refractivity contribution in [3.63, 3.8) is 0 Å². The second kappa shape index (κ2) is 12.2. The summed E-state index contributed by atoms with van der Waals surface area (Å²) in [6.07, 6.45) is 3.12. The summed E-state index contributed by atoms with van der Waals surface area (Å²) >= 11 is 5.94. The molecular weight excluding hydrogens is 516 g/mol. The smallest absolute Gasteiger partial charge is 0.318 e. The van der Waals surface area contributed by atoms with Gasteiger partial charge >= 0.3 is 5.69 Å². The van der Waals surface area contributed by atoms with Crippen molar-refractivity contribution in [1.29, 1.82) is 5.26 Å². The molecule has 12 heteroatoms. The van der Waals surface area contributed by atoms with Gasteiger partial charge in [0.2, 0.25) is 5.75 Å². The van der Waals surface area contributed by atoms with Gasteiger partial charge in [0.1, 0.15) is 11.6 Å². The summed E-state index contributed by atoms with van der Waals surface area (Å²) in [6.45, 7) is 3.70. The number of allylic oxidation sites excluding steroid dienone is 1. The summed E-state index contributed by atoms with van der Waals surface area (Å²) < 4.78 is 11.2. The minimum Gasteiger partial charge on any atom is -0.493 e. The number of hydrogen-bond donors (Lipinski definition) is 1. The van der Waals surface area contributed by atoms with E-state index >= 15 is 0 Å². The molecule has 192 valence electrons. The summed E-state index contributed by atoms with van der Waals surface area (Å²) in [5.41, 5.74) is -0.0202. The molecule has 1 amide bonds. The molecule has 0 aliphatic rings. The Morgan fingerprint density at radius 3 is 2.50 bits per heavy atom. The van der Waals surface area contributed by atoms with Crippen molar-refractivity contribution in [1.82, 2.24) is 0 Å². The standard InChI is InChI=1S/C26H19ClN4O7/c1-3-5-17-10-16(11-18(15-28)26(32)29-20-7-4-6-19(27)13-20)12-24(37-2)25(17)38-23-9-8-21(30(33)34)14-22(23)31(35)36/h3-4,6-14H,1,5H2,2H3,(H,29,32)/b18-11+. The van der Waals surface area contributed by atoms with Gasteiger partial charge in [0, 0.05) is 22.3 Å². The summed E-state index contributed by atoms with van der Waals surface area (Å²) in [6, 6.07) is 14.4. The second-order valence-corrected chi connectivity index (χ2v) is 8.04. The molecule has 0 bridgehead atoms. The molecule has 0 aliphatic carbocycles. The van der Waals surface area contributed by atoms with Crippen LogP contribution < -0.4 is 14.8 Å². The monoisotopic (exact) mass is 534 g/mol. The number of nitro groups is 2. The Balaban J connectivity index is 2.03. The summed E-state index contributed by atoms with van der Waals surface area (Å²) in [7, 11) is 1.34. The molecule has 1 N–H and O–H groups in total. The van der Waals surface area contributed by atoms with Crippen molar-refractivity contribution in [2.24, 2.45) is 0 Å². The van der Waals surface area contributed by atoms with Gasteiger partial charge in [-0.15, -0.1) is 6.58 Å². The number of anilines is 1. The minimum atomic E-state index is -0.795. The molecule has 0 heterocycles. The Morgan fingerprint density at radius 2 is 1.89 bits per heavy atom. The maximum Gasteiger partial charge on any atom is 0.318 e. The summed E-state index contributed by atoms with van der Waals surface area (Å²) in [4.78, 5) is 33.7. The fourth-order valence-corrected chi connectivity index (χ4v) is 3.57. The molecule has 11 nitrogen and oxygen atoms in total. The third-order valence-corrected chi connectivity index (χ3v) is 5.29. The highest BCUT2D eigenvalue weighted by molar-refractivity contribution is 6.31. The topological polar surface area (TPSA) is 158 Å².